The van der Waals surface area contributed by atoms with Gasteiger partial charge < -0.3 is 9.64 Å². The summed E-state index contributed by atoms with van der Waals surface area (Å²) in [6, 6.07) is 15.2. The van der Waals surface area contributed by atoms with Crippen LogP contribution >= 0.6 is 0 Å². The van der Waals surface area contributed by atoms with Crippen LogP contribution < -0.4 is 4.74 Å². The number of aromatic nitrogens is 3. The number of likely N-dealkylation sites (N-methyl/N-ethyl adjacent to an activating group) is 1. The summed E-state index contributed by atoms with van der Waals surface area (Å²) in [5, 5.41) is 6.95. The molecule has 2 aromatic heterocycles. The van der Waals surface area contributed by atoms with Crippen LogP contribution in [0.5, 0.6) is 5.75 Å². The molecular formula is C19H20N4O2. The topological polar surface area (TPSA) is 71.1 Å². The molecule has 0 aliphatic heterocycles. The van der Waals surface area contributed by atoms with Crippen LogP contribution in [0.1, 0.15) is 21.7 Å². The van der Waals surface area contributed by atoms with E-state index < -0.39 is 0 Å². The third kappa shape index (κ3) is 4.67. The van der Waals surface area contributed by atoms with E-state index in [1.165, 1.54) is 0 Å². The molecule has 25 heavy (non-hydrogen) atoms. The summed E-state index contributed by atoms with van der Waals surface area (Å²) in [6.07, 6.45) is 4.28. The fourth-order valence-corrected chi connectivity index (χ4v) is 2.37. The number of aromatic amines is 1. The van der Waals surface area contributed by atoms with E-state index in [1.807, 2.05) is 42.5 Å². The van der Waals surface area contributed by atoms with E-state index in [0.717, 1.165) is 23.4 Å². The number of H-pyrrole nitrogens is 1. The van der Waals surface area contributed by atoms with Gasteiger partial charge in [-0.15, -0.1) is 0 Å². The van der Waals surface area contributed by atoms with E-state index in [-0.39, 0.29) is 5.91 Å². The molecule has 0 bridgehead atoms. The Labute approximate surface area is 146 Å². The van der Waals surface area contributed by atoms with Gasteiger partial charge in [0.2, 0.25) is 0 Å². The Bertz CT molecular complexity index is 803. The zero-order chi connectivity index (χ0) is 17.5. The van der Waals surface area contributed by atoms with Crippen LogP contribution in [-0.4, -0.2) is 39.6 Å². The zero-order valence-electron chi connectivity index (χ0n) is 14.1. The number of carbonyl (C=O) groups is 1. The molecule has 1 N–H and O–H groups in total. The normalized spacial score (nSPS) is 10.4. The minimum absolute atomic E-state index is 0.115. The van der Waals surface area contributed by atoms with Gasteiger partial charge in [-0.25, -0.2) is 0 Å². The second kappa shape index (κ2) is 8.10. The second-order valence-electron chi connectivity index (χ2n) is 5.71. The number of ether oxygens (including phenoxy) is 1. The van der Waals surface area contributed by atoms with Gasteiger partial charge in [0.25, 0.3) is 5.91 Å². The molecule has 0 fully saturated rings. The van der Waals surface area contributed by atoms with Crippen LogP contribution in [0.3, 0.4) is 0 Å². The Morgan fingerprint density at radius 1 is 1.16 bits per heavy atom. The minimum atomic E-state index is -0.115. The fraction of sp³-hybridized carbons (Fsp3) is 0.211. The number of carbonyl (C=O) groups excluding carboxylic acids is 1. The van der Waals surface area contributed by atoms with Crippen molar-refractivity contribution >= 4 is 5.91 Å². The highest BCUT2D eigenvalue weighted by molar-refractivity contribution is 5.92. The molecule has 0 radical (unpaired) electrons. The van der Waals surface area contributed by atoms with Crippen molar-refractivity contribution in [2.75, 3.05) is 13.6 Å². The number of para-hydroxylation sites is 1. The van der Waals surface area contributed by atoms with Gasteiger partial charge in [0.15, 0.2) is 5.69 Å². The lowest BCUT2D eigenvalue weighted by molar-refractivity contribution is 0.0791. The SMILES string of the molecule is CN(CCc1ccncc1)C(=O)c1cc(COc2ccccc2)[nH]n1. The van der Waals surface area contributed by atoms with Gasteiger partial charge in [-0.05, 0) is 42.3 Å². The molecule has 6 heteroatoms. The molecule has 3 aromatic rings. The summed E-state index contributed by atoms with van der Waals surface area (Å²) in [5.41, 5.74) is 2.30. The molecule has 0 aliphatic rings. The van der Waals surface area contributed by atoms with Crippen molar-refractivity contribution in [1.82, 2.24) is 20.1 Å². The number of hydrogen-bond donors (Lipinski definition) is 1. The predicted octanol–water partition coefficient (Wildman–Crippen LogP) is 2.70. The van der Waals surface area contributed by atoms with Crippen molar-refractivity contribution in [3.05, 3.63) is 77.9 Å². The fourth-order valence-electron chi connectivity index (χ4n) is 2.37. The molecule has 1 amide bonds. The monoisotopic (exact) mass is 336 g/mol. The average molecular weight is 336 g/mol. The van der Waals surface area contributed by atoms with Crippen molar-refractivity contribution in [2.24, 2.45) is 0 Å². The van der Waals surface area contributed by atoms with E-state index in [0.29, 0.717) is 18.8 Å². The molecular weight excluding hydrogens is 316 g/mol. The van der Waals surface area contributed by atoms with Gasteiger partial charge >= 0.3 is 0 Å². The van der Waals surface area contributed by atoms with E-state index in [9.17, 15) is 4.79 Å². The van der Waals surface area contributed by atoms with Crippen molar-refractivity contribution in [3.63, 3.8) is 0 Å². The molecule has 3 rings (SSSR count). The molecule has 6 nitrogen and oxygen atoms in total. The highest BCUT2D eigenvalue weighted by atomic mass is 16.5. The van der Waals surface area contributed by atoms with E-state index in [1.54, 1.807) is 30.4 Å². The minimum Gasteiger partial charge on any atom is -0.487 e. The summed E-state index contributed by atoms with van der Waals surface area (Å²) < 4.78 is 5.65. The highest BCUT2D eigenvalue weighted by Gasteiger charge is 2.15. The first-order valence-electron chi connectivity index (χ1n) is 8.09. The summed E-state index contributed by atoms with van der Waals surface area (Å²) in [5.74, 6) is 0.663. The van der Waals surface area contributed by atoms with Crippen LogP contribution in [0.4, 0.5) is 0 Å². The predicted molar refractivity (Wildman–Crippen MR) is 94.3 cm³/mol. The Kier molecular flexibility index (Phi) is 5.41. The first-order chi connectivity index (χ1) is 12.2. The summed E-state index contributed by atoms with van der Waals surface area (Å²) in [7, 11) is 1.78. The van der Waals surface area contributed by atoms with E-state index in [2.05, 4.69) is 15.2 Å². The number of amides is 1. The number of nitrogens with zero attached hydrogens (tertiary/aromatic N) is 3. The van der Waals surface area contributed by atoms with Gasteiger partial charge in [-0.1, -0.05) is 18.2 Å². The van der Waals surface area contributed by atoms with Crippen LogP contribution in [0.15, 0.2) is 60.9 Å². The lowest BCUT2D eigenvalue weighted by Gasteiger charge is -2.15. The number of hydrogen-bond acceptors (Lipinski definition) is 4. The van der Waals surface area contributed by atoms with Crippen LogP contribution in [0, 0.1) is 0 Å². The molecule has 0 saturated carbocycles. The first-order valence-corrected chi connectivity index (χ1v) is 8.09. The standard InChI is InChI=1S/C19H20N4O2/c1-23(12-9-15-7-10-20-11-8-15)19(24)18-13-16(21-22-18)14-25-17-5-3-2-4-6-17/h2-8,10-11,13H,9,12,14H2,1H3,(H,21,22). The van der Waals surface area contributed by atoms with E-state index in [4.69, 9.17) is 4.74 Å². The second-order valence-corrected chi connectivity index (χ2v) is 5.71. The number of rotatable bonds is 7. The Morgan fingerprint density at radius 3 is 2.68 bits per heavy atom. The van der Waals surface area contributed by atoms with Crippen molar-refractivity contribution < 1.29 is 9.53 Å². The van der Waals surface area contributed by atoms with Crippen molar-refractivity contribution in [3.8, 4) is 5.75 Å². The van der Waals surface area contributed by atoms with Gasteiger partial charge in [0.1, 0.15) is 12.4 Å². The van der Waals surface area contributed by atoms with Crippen molar-refractivity contribution in [1.29, 1.82) is 0 Å². The quantitative estimate of drug-likeness (QED) is 0.720. The van der Waals surface area contributed by atoms with E-state index >= 15 is 0 Å². The highest BCUT2D eigenvalue weighted by Crippen LogP contribution is 2.12. The first kappa shape index (κ1) is 16.7. The molecule has 0 unspecified atom stereocenters. The van der Waals surface area contributed by atoms with Gasteiger partial charge in [-0.2, -0.15) is 5.10 Å². The number of nitrogens with one attached hydrogen (secondary N) is 1. The maximum absolute atomic E-state index is 12.4. The lowest BCUT2D eigenvalue weighted by atomic mass is 10.2. The summed E-state index contributed by atoms with van der Waals surface area (Å²) >= 11 is 0. The molecule has 2 heterocycles. The van der Waals surface area contributed by atoms with Gasteiger partial charge in [0, 0.05) is 26.0 Å². The molecule has 1 aromatic carbocycles. The molecule has 128 valence electrons. The third-order valence-corrected chi connectivity index (χ3v) is 3.82. The number of benzene rings is 1. The van der Waals surface area contributed by atoms with Crippen LogP contribution in [0.2, 0.25) is 0 Å². The third-order valence-electron chi connectivity index (χ3n) is 3.82. The zero-order valence-corrected chi connectivity index (χ0v) is 14.1. The van der Waals surface area contributed by atoms with Gasteiger partial charge in [-0.3, -0.25) is 14.9 Å². The Morgan fingerprint density at radius 2 is 1.92 bits per heavy atom. The summed E-state index contributed by atoms with van der Waals surface area (Å²) in [6.45, 7) is 0.955. The molecule has 0 atom stereocenters. The maximum atomic E-state index is 12.4. The van der Waals surface area contributed by atoms with Crippen LogP contribution in [-0.2, 0) is 13.0 Å². The maximum Gasteiger partial charge on any atom is 0.274 e. The lowest BCUT2D eigenvalue weighted by Crippen LogP contribution is -2.29. The average Bonchev–Trinajstić information content (AvgIpc) is 3.14. The molecule has 0 spiro atoms. The Balaban J connectivity index is 1.53. The van der Waals surface area contributed by atoms with Crippen molar-refractivity contribution in [2.45, 2.75) is 13.0 Å². The largest absolute Gasteiger partial charge is 0.487 e. The number of pyridine rings is 1. The van der Waals surface area contributed by atoms with Gasteiger partial charge in [0.05, 0.1) is 5.69 Å². The molecule has 0 saturated heterocycles. The summed E-state index contributed by atoms with van der Waals surface area (Å²) in [4.78, 5) is 18.1. The molecule has 0 aliphatic carbocycles. The Hall–Kier alpha value is -3.15. The van der Waals surface area contributed by atoms with Crippen LogP contribution in [0.25, 0.3) is 0 Å². The smallest absolute Gasteiger partial charge is 0.274 e.